The summed E-state index contributed by atoms with van der Waals surface area (Å²) in [5.74, 6) is 5.84. The highest BCUT2D eigenvalue weighted by molar-refractivity contribution is 5.94. The summed E-state index contributed by atoms with van der Waals surface area (Å²) in [5, 5.41) is 4.00. The monoisotopic (exact) mass is 497 g/mol. The molecule has 7 rings (SSSR count). The van der Waals surface area contributed by atoms with Crippen molar-refractivity contribution in [2.24, 2.45) is 17.8 Å². The number of benzene rings is 2. The molecule has 4 fully saturated rings. The number of fused-ring (bicyclic) bond motifs is 1. The lowest BCUT2D eigenvalue weighted by Gasteiger charge is -2.57. The van der Waals surface area contributed by atoms with Crippen molar-refractivity contribution in [3.05, 3.63) is 59.2 Å². The first kappa shape index (κ1) is 23.2. The first-order valence-electron chi connectivity index (χ1n) is 14.8. The second kappa shape index (κ2) is 9.75. The molecule has 2 aromatic carbocycles. The highest BCUT2D eigenvalue weighted by Gasteiger charge is 2.51. The van der Waals surface area contributed by atoms with Crippen LogP contribution >= 0.6 is 0 Å². The molecule has 194 valence electrons. The van der Waals surface area contributed by atoms with Gasteiger partial charge in [-0.25, -0.2) is 0 Å². The summed E-state index contributed by atoms with van der Waals surface area (Å²) in [6, 6.07) is 14.8. The molecule has 4 heteroatoms. The van der Waals surface area contributed by atoms with E-state index in [1.54, 1.807) is 7.11 Å². The van der Waals surface area contributed by atoms with E-state index in [1.165, 1.54) is 49.8 Å². The van der Waals surface area contributed by atoms with E-state index < -0.39 is 0 Å². The number of unbranched alkanes of at least 4 members (excludes halogenated alkanes) is 1. The molecule has 1 heterocycles. The SMILES string of the molecule is [2H]C#CC(=O)N1[C@@H](CCCC)Cc2cc(OC)ccc2[C@@H]1c1ccc(NC23CC4CC(CC(C4)C2)C3)cc1. The average molecular weight is 498 g/mol. The van der Waals surface area contributed by atoms with Gasteiger partial charge in [-0.2, -0.15) is 0 Å². The second-order valence-electron chi connectivity index (χ2n) is 12.2. The van der Waals surface area contributed by atoms with Crippen LogP contribution in [0, 0.1) is 30.1 Å². The normalized spacial score (nSPS) is 31.7. The van der Waals surface area contributed by atoms with Gasteiger partial charge in [0.1, 0.15) is 7.12 Å². The summed E-state index contributed by atoms with van der Waals surface area (Å²) in [6.45, 7) is 2.18. The topological polar surface area (TPSA) is 41.6 Å². The highest BCUT2D eigenvalue weighted by Crippen LogP contribution is 2.56. The smallest absolute Gasteiger partial charge is 0.299 e. The van der Waals surface area contributed by atoms with Crippen LogP contribution in [-0.2, 0) is 11.2 Å². The number of amides is 1. The predicted molar refractivity (Wildman–Crippen MR) is 149 cm³/mol. The summed E-state index contributed by atoms with van der Waals surface area (Å²) >= 11 is 0. The van der Waals surface area contributed by atoms with Gasteiger partial charge in [0.25, 0.3) is 5.91 Å². The maximum absolute atomic E-state index is 13.4. The zero-order chi connectivity index (χ0) is 26.3. The van der Waals surface area contributed by atoms with Gasteiger partial charge in [-0.15, -0.1) is 6.40 Å². The number of terminal acetylenes is 1. The third-order valence-electron chi connectivity index (χ3n) is 9.68. The molecule has 0 radical (unpaired) electrons. The van der Waals surface area contributed by atoms with E-state index in [0.29, 0.717) is 0 Å². The van der Waals surface area contributed by atoms with Crippen LogP contribution in [0.3, 0.4) is 0 Å². The summed E-state index contributed by atoms with van der Waals surface area (Å²) in [5.41, 5.74) is 4.90. The van der Waals surface area contributed by atoms with E-state index in [2.05, 4.69) is 61.0 Å². The molecule has 5 aliphatic rings. The summed E-state index contributed by atoms with van der Waals surface area (Å²) < 4.78 is 13.0. The fourth-order valence-corrected chi connectivity index (χ4v) is 8.55. The standard InChI is InChI=1S/C33H40N2O2/c1-4-6-7-28-17-26-18-29(37-3)12-13-30(26)32(35(28)31(36)5-2)25-8-10-27(11-9-25)34-33-19-22-14-23(20-33)16-24(15-22)21-33/h2,8-13,18,22-24,28,32,34H,4,6-7,14-17,19-21H2,1,3H3/t22?,23?,24?,28-,32-,33?/m0/s1/i2D. The van der Waals surface area contributed by atoms with E-state index in [1.807, 2.05) is 11.0 Å². The highest BCUT2D eigenvalue weighted by atomic mass is 16.5. The van der Waals surface area contributed by atoms with E-state index in [9.17, 15) is 4.79 Å². The molecule has 2 aromatic rings. The van der Waals surface area contributed by atoms with Gasteiger partial charge in [-0.1, -0.05) is 38.0 Å². The van der Waals surface area contributed by atoms with Crippen molar-refractivity contribution in [1.82, 2.24) is 4.90 Å². The molecule has 0 aromatic heterocycles. The fourth-order valence-electron chi connectivity index (χ4n) is 8.55. The Morgan fingerprint density at radius 1 is 1.14 bits per heavy atom. The number of nitrogens with zero attached hydrogens (tertiary/aromatic N) is 1. The Morgan fingerprint density at radius 3 is 2.46 bits per heavy atom. The van der Waals surface area contributed by atoms with Crippen molar-refractivity contribution >= 4 is 11.6 Å². The van der Waals surface area contributed by atoms with Gasteiger partial charge in [0, 0.05) is 17.3 Å². The Kier molecular flexibility index (Phi) is 6.11. The Bertz CT molecular complexity index is 1210. The molecular weight excluding hydrogens is 456 g/mol. The van der Waals surface area contributed by atoms with Crippen molar-refractivity contribution in [2.75, 3.05) is 12.4 Å². The quantitative estimate of drug-likeness (QED) is 0.431. The molecule has 4 bridgehead atoms. The molecule has 4 aliphatic carbocycles. The van der Waals surface area contributed by atoms with Crippen LogP contribution in [0.2, 0.25) is 0 Å². The van der Waals surface area contributed by atoms with E-state index in [0.717, 1.165) is 60.3 Å². The lowest BCUT2D eigenvalue weighted by atomic mass is 9.53. The van der Waals surface area contributed by atoms with Crippen LogP contribution in [-0.4, -0.2) is 29.5 Å². The molecule has 2 atom stereocenters. The fraction of sp³-hybridized carbons (Fsp3) is 0.545. The largest absolute Gasteiger partial charge is 0.497 e. The van der Waals surface area contributed by atoms with Gasteiger partial charge >= 0.3 is 0 Å². The number of hydrogen-bond acceptors (Lipinski definition) is 3. The minimum absolute atomic E-state index is 0.0396. The Labute approximate surface area is 223 Å². The molecule has 0 unspecified atom stereocenters. The lowest BCUT2D eigenvalue weighted by molar-refractivity contribution is -0.130. The summed E-state index contributed by atoms with van der Waals surface area (Å²) in [6.07, 6.45) is 14.2. The molecule has 4 nitrogen and oxygen atoms in total. The van der Waals surface area contributed by atoms with Crippen molar-refractivity contribution < 1.29 is 10.9 Å². The third kappa shape index (κ3) is 4.52. The van der Waals surface area contributed by atoms with Gasteiger partial charge in [0.15, 0.2) is 0 Å². The van der Waals surface area contributed by atoms with Gasteiger partial charge in [0.2, 0.25) is 0 Å². The first-order valence-corrected chi connectivity index (χ1v) is 14.3. The average Bonchev–Trinajstić information content (AvgIpc) is 2.90. The number of hydrogen-bond donors (Lipinski definition) is 1. The van der Waals surface area contributed by atoms with Crippen molar-refractivity contribution in [3.63, 3.8) is 0 Å². The maximum atomic E-state index is 13.4. The molecule has 0 saturated heterocycles. The zero-order valence-electron chi connectivity index (χ0n) is 23.3. The minimum Gasteiger partial charge on any atom is -0.497 e. The Hall–Kier alpha value is -2.93. The van der Waals surface area contributed by atoms with Crippen LogP contribution in [0.5, 0.6) is 5.75 Å². The molecule has 1 amide bonds. The second-order valence-corrected chi connectivity index (χ2v) is 12.2. The minimum atomic E-state index is -0.261. The van der Waals surface area contributed by atoms with Crippen molar-refractivity contribution in [3.8, 4) is 18.1 Å². The molecule has 4 saturated carbocycles. The molecule has 1 N–H and O–H groups in total. The molecule has 37 heavy (non-hydrogen) atoms. The van der Waals surface area contributed by atoms with Crippen molar-refractivity contribution in [2.45, 2.75) is 88.8 Å². The number of carbonyl (C=O) groups is 1. The van der Waals surface area contributed by atoms with E-state index in [4.69, 9.17) is 6.11 Å². The van der Waals surface area contributed by atoms with Gasteiger partial charge in [-0.3, -0.25) is 4.79 Å². The summed E-state index contributed by atoms with van der Waals surface area (Å²) in [4.78, 5) is 15.3. The Balaban J connectivity index is 1.33. The van der Waals surface area contributed by atoms with Crippen molar-refractivity contribution in [1.29, 1.82) is 0 Å². The van der Waals surface area contributed by atoms with Crippen LogP contribution in [0.1, 0.15) is 88.8 Å². The molecule has 1 aliphatic heterocycles. The van der Waals surface area contributed by atoms with E-state index in [-0.39, 0.29) is 23.5 Å². The Morgan fingerprint density at radius 2 is 1.84 bits per heavy atom. The van der Waals surface area contributed by atoms with Gasteiger partial charge < -0.3 is 15.0 Å². The van der Waals surface area contributed by atoms with Crippen LogP contribution in [0.4, 0.5) is 5.69 Å². The van der Waals surface area contributed by atoms with Crippen LogP contribution in [0.25, 0.3) is 0 Å². The number of carbonyl (C=O) groups excluding carboxylic acids is 1. The number of nitrogens with one attached hydrogen (secondary N) is 1. The zero-order valence-corrected chi connectivity index (χ0v) is 22.3. The number of ether oxygens (including phenoxy) is 1. The summed E-state index contributed by atoms with van der Waals surface area (Å²) in [7, 11) is 1.70. The van der Waals surface area contributed by atoms with E-state index >= 15 is 0 Å². The third-order valence-corrected chi connectivity index (χ3v) is 9.68. The maximum Gasteiger partial charge on any atom is 0.299 e. The molecule has 0 spiro atoms. The predicted octanol–water partition coefficient (Wildman–Crippen LogP) is 6.74. The van der Waals surface area contributed by atoms with Crippen LogP contribution in [0.15, 0.2) is 42.5 Å². The molecular formula is C33H40N2O2. The number of anilines is 1. The number of methoxy groups -OCH3 is 1. The number of rotatable bonds is 7. The lowest BCUT2D eigenvalue weighted by Crippen LogP contribution is -2.54. The first-order chi connectivity index (χ1) is 18.5. The van der Waals surface area contributed by atoms with Gasteiger partial charge in [-0.05, 0) is 116 Å². The van der Waals surface area contributed by atoms with Gasteiger partial charge in [0.05, 0.1) is 13.2 Å². The van der Waals surface area contributed by atoms with Crippen LogP contribution < -0.4 is 10.1 Å².